The standard InChI is InChI=1S/C15H22N2O/c1-13(17-10-6-3-7-11-17)12-15(18)16-14-8-4-2-5-9-14/h2,4-5,8-9,13H,3,6-7,10-12H2,1H3,(H,16,18). The number of amides is 1. The number of anilines is 1. The second kappa shape index (κ2) is 6.55. The highest BCUT2D eigenvalue weighted by Gasteiger charge is 2.19. The molecule has 1 aromatic carbocycles. The summed E-state index contributed by atoms with van der Waals surface area (Å²) in [7, 11) is 0. The van der Waals surface area contributed by atoms with Crippen LogP contribution in [0.25, 0.3) is 0 Å². The highest BCUT2D eigenvalue weighted by molar-refractivity contribution is 5.90. The molecule has 0 bridgehead atoms. The van der Waals surface area contributed by atoms with Crippen molar-refractivity contribution in [3.63, 3.8) is 0 Å². The van der Waals surface area contributed by atoms with E-state index in [9.17, 15) is 4.79 Å². The van der Waals surface area contributed by atoms with Crippen LogP contribution in [0, 0.1) is 0 Å². The molecule has 1 saturated heterocycles. The van der Waals surface area contributed by atoms with Gasteiger partial charge in [0.25, 0.3) is 0 Å². The van der Waals surface area contributed by atoms with Crippen LogP contribution in [0.2, 0.25) is 0 Å². The lowest BCUT2D eigenvalue weighted by Crippen LogP contribution is -2.39. The lowest BCUT2D eigenvalue weighted by Gasteiger charge is -2.31. The Balaban J connectivity index is 1.79. The fourth-order valence-corrected chi connectivity index (χ4v) is 2.49. The minimum absolute atomic E-state index is 0.110. The minimum atomic E-state index is 0.110. The van der Waals surface area contributed by atoms with Gasteiger partial charge in [0.05, 0.1) is 0 Å². The average Bonchev–Trinajstić information content (AvgIpc) is 2.40. The molecule has 0 spiro atoms. The lowest BCUT2D eigenvalue weighted by atomic mass is 10.1. The lowest BCUT2D eigenvalue weighted by molar-refractivity contribution is -0.117. The Bertz CT molecular complexity index is 371. The van der Waals surface area contributed by atoms with Crippen molar-refractivity contribution in [1.29, 1.82) is 0 Å². The van der Waals surface area contributed by atoms with Crippen molar-refractivity contribution < 1.29 is 4.79 Å². The first-order valence-electron chi connectivity index (χ1n) is 6.84. The Morgan fingerprint density at radius 2 is 1.89 bits per heavy atom. The summed E-state index contributed by atoms with van der Waals surface area (Å²) < 4.78 is 0. The van der Waals surface area contributed by atoms with Crippen molar-refractivity contribution in [2.75, 3.05) is 18.4 Å². The van der Waals surface area contributed by atoms with Gasteiger partial charge in [0.2, 0.25) is 5.91 Å². The van der Waals surface area contributed by atoms with Gasteiger partial charge < -0.3 is 10.2 Å². The number of rotatable bonds is 4. The summed E-state index contributed by atoms with van der Waals surface area (Å²) >= 11 is 0. The predicted octanol–water partition coefficient (Wildman–Crippen LogP) is 2.89. The monoisotopic (exact) mass is 246 g/mol. The third-order valence-corrected chi connectivity index (χ3v) is 3.55. The smallest absolute Gasteiger partial charge is 0.225 e. The number of carbonyl (C=O) groups excluding carboxylic acids is 1. The molecule has 3 heteroatoms. The van der Waals surface area contributed by atoms with Gasteiger partial charge in [-0.2, -0.15) is 0 Å². The summed E-state index contributed by atoms with van der Waals surface area (Å²) in [6.45, 7) is 4.43. The Morgan fingerprint density at radius 1 is 1.22 bits per heavy atom. The molecule has 2 rings (SSSR count). The Hall–Kier alpha value is -1.35. The van der Waals surface area contributed by atoms with E-state index >= 15 is 0 Å². The SMILES string of the molecule is CC(CC(=O)Nc1ccccc1)N1CCCCC1. The van der Waals surface area contributed by atoms with Crippen molar-refractivity contribution >= 4 is 11.6 Å². The van der Waals surface area contributed by atoms with Gasteiger partial charge >= 0.3 is 0 Å². The van der Waals surface area contributed by atoms with Gasteiger partial charge in [-0.15, -0.1) is 0 Å². The minimum Gasteiger partial charge on any atom is -0.326 e. The van der Waals surface area contributed by atoms with Crippen LogP contribution in [0.15, 0.2) is 30.3 Å². The molecule has 1 aliphatic rings. The number of hydrogen-bond donors (Lipinski definition) is 1. The maximum Gasteiger partial charge on any atom is 0.225 e. The van der Waals surface area contributed by atoms with Crippen LogP contribution in [-0.4, -0.2) is 29.9 Å². The molecule has 1 amide bonds. The third-order valence-electron chi connectivity index (χ3n) is 3.55. The van der Waals surface area contributed by atoms with Crippen molar-refractivity contribution in [3.8, 4) is 0 Å². The zero-order chi connectivity index (χ0) is 12.8. The second-order valence-electron chi connectivity index (χ2n) is 5.06. The number of piperidine rings is 1. The fourth-order valence-electron chi connectivity index (χ4n) is 2.49. The molecule has 0 aliphatic carbocycles. The van der Waals surface area contributed by atoms with Gasteiger partial charge in [0.1, 0.15) is 0 Å². The van der Waals surface area contributed by atoms with Gasteiger partial charge in [-0.1, -0.05) is 24.6 Å². The summed E-state index contributed by atoms with van der Waals surface area (Å²) in [4.78, 5) is 14.4. The van der Waals surface area contributed by atoms with Gasteiger partial charge in [-0.3, -0.25) is 4.79 Å². The molecule has 1 aromatic rings. The highest BCUT2D eigenvalue weighted by Crippen LogP contribution is 2.14. The predicted molar refractivity (Wildman–Crippen MR) is 74.6 cm³/mol. The number of benzene rings is 1. The number of likely N-dealkylation sites (tertiary alicyclic amines) is 1. The van der Waals surface area contributed by atoms with Crippen molar-refractivity contribution in [2.45, 2.75) is 38.6 Å². The molecule has 1 N–H and O–H groups in total. The molecule has 1 fully saturated rings. The van der Waals surface area contributed by atoms with E-state index < -0.39 is 0 Å². The Kier molecular flexibility index (Phi) is 4.76. The molecule has 1 atom stereocenters. The maximum atomic E-state index is 11.9. The molecule has 0 radical (unpaired) electrons. The zero-order valence-electron chi connectivity index (χ0n) is 11.1. The summed E-state index contributed by atoms with van der Waals surface area (Å²) in [5.41, 5.74) is 0.883. The Morgan fingerprint density at radius 3 is 2.56 bits per heavy atom. The van der Waals surface area contributed by atoms with E-state index in [2.05, 4.69) is 17.1 Å². The van der Waals surface area contributed by atoms with Crippen LogP contribution in [0.1, 0.15) is 32.6 Å². The van der Waals surface area contributed by atoms with Crippen LogP contribution >= 0.6 is 0 Å². The molecular weight excluding hydrogens is 224 g/mol. The summed E-state index contributed by atoms with van der Waals surface area (Å²) in [5.74, 6) is 0.110. The number of para-hydroxylation sites is 1. The summed E-state index contributed by atoms with van der Waals surface area (Å²) in [6.07, 6.45) is 4.45. The van der Waals surface area contributed by atoms with E-state index in [4.69, 9.17) is 0 Å². The molecular formula is C15H22N2O. The van der Waals surface area contributed by atoms with Crippen LogP contribution in [0.5, 0.6) is 0 Å². The van der Waals surface area contributed by atoms with E-state index in [0.29, 0.717) is 12.5 Å². The normalized spacial score (nSPS) is 18.3. The van der Waals surface area contributed by atoms with E-state index in [0.717, 1.165) is 18.8 Å². The highest BCUT2D eigenvalue weighted by atomic mass is 16.1. The number of nitrogens with one attached hydrogen (secondary N) is 1. The Labute approximate surface area is 109 Å². The van der Waals surface area contributed by atoms with Gasteiger partial charge in [0, 0.05) is 18.2 Å². The van der Waals surface area contributed by atoms with Gasteiger partial charge in [0.15, 0.2) is 0 Å². The molecule has 1 aliphatic heterocycles. The number of carbonyl (C=O) groups is 1. The first-order valence-corrected chi connectivity index (χ1v) is 6.84. The van der Waals surface area contributed by atoms with E-state index in [1.54, 1.807) is 0 Å². The fraction of sp³-hybridized carbons (Fsp3) is 0.533. The third kappa shape index (κ3) is 3.84. The van der Waals surface area contributed by atoms with Crippen molar-refractivity contribution in [3.05, 3.63) is 30.3 Å². The van der Waals surface area contributed by atoms with Crippen LogP contribution in [-0.2, 0) is 4.79 Å². The molecule has 1 heterocycles. The van der Waals surface area contributed by atoms with Crippen molar-refractivity contribution in [1.82, 2.24) is 4.90 Å². The number of hydrogen-bond acceptors (Lipinski definition) is 2. The quantitative estimate of drug-likeness (QED) is 0.886. The molecule has 98 valence electrons. The van der Waals surface area contributed by atoms with Gasteiger partial charge in [-0.25, -0.2) is 0 Å². The average molecular weight is 246 g/mol. The van der Waals surface area contributed by atoms with Gasteiger partial charge in [-0.05, 0) is 45.0 Å². The molecule has 18 heavy (non-hydrogen) atoms. The van der Waals surface area contributed by atoms with E-state index in [1.165, 1.54) is 19.3 Å². The first kappa shape index (κ1) is 13.1. The van der Waals surface area contributed by atoms with Crippen LogP contribution < -0.4 is 5.32 Å². The van der Waals surface area contributed by atoms with Crippen LogP contribution in [0.3, 0.4) is 0 Å². The molecule has 0 saturated carbocycles. The van der Waals surface area contributed by atoms with Crippen molar-refractivity contribution in [2.24, 2.45) is 0 Å². The second-order valence-corrected chi connectivity index (χ2v) is 5.06. The molecule has 1 unspecified atom stereocenters. The molecule has 0 aromatic heterocycles. The first-order chi connectivity index (χ1) is 8.75. The summed E-state index contributed by atoms with van der Waals surface area (Å²) in [5, 5.41) is 2.95. The van der Waals surface area contributed by atoms with E-state index in [-0.39, 0.29) is 5.91 Å². The zero-order valence-corrected chi connectivity index (χ0v) is 11.1. The van der Waals surface area contributed by atoms with Crippen LogP contribution in [0.4, 0.5) is 5.69 Å². The molecule has 3 nitrogen and oxygen atoms in total. The number of nitrogens with zero attached hydrogens (tertiary/aromatic N) is 1. The van der Waals surface area contributed by atoms with E-state index in [1.807, 2.05) is 30.3 Å². The maximum absolute atomic E-state index is 11.9. The summed E-state index contributed by atoms with van der Waals surface area (Å²) in [6, 6.07) is 10.0. The largest absolute Gasteiger partial charge is 0.326 e. The topological polar surface area (TPSA) is 32.3 Å².